The number of nitrogens with one attached hydrogen (secondary N) is 1. The van der Waals surface area contributed by atoms with E-state index in [4.69, 9.17) is 0 Å². The van der Waals surface area contributed by atoms with Crippen LogP contribution in [0.2, 0.25) is 0 Å². The minimum atomic E-state index is -0.194. The summed E-state index contributed by atoms with van der Waals surface area (Å²) in [5, 5.41) is 2.61. The van der Waals surface area contributed by atoms with Gasteiger partial charge in [-0.1, -0.05) is 0 Å². The molecule has 0 unspecified atom stereocenters. The lowest BCUT2D eigenvalue weighted by Crippen LogP contribution is -2.38. The van der Waals surface area contributed by atoms with Gasteiger partial charge in [0.15, 0.2) is 0 Å². The summed E-state index contributed by atoms with van der Waals surface area (Å²) in [6, 6.07) is 0. The number of carbonyl (C=O) groups excluding carboxylic acids is 4. The van der Waals surface area contributed by atoms with Gasteiger partial charge in [-0.15, -0.1) is 11.8 Å². The van der Waals surface area contributed by atoms with Crippen molar-refractivity contribution in [2.45, 2.75) is 19.8 Å². The topological polar surface area (TPSA) is 83.6 Å². The van der Waals surface area contributed by atoms with Crippen LogP contribution in [0.15, 0.2) is 0 Å². The first-order valence-electron chi connectivity index (χ1n) is 5.68. The summed E-state index contributed by atoms with van der Waals surface area (Å²) in [4.78, 5) is 45.7. The molecule has 1 aliphatic heterocycles. The first kappa shape index (κ1) is 14.7. The largest absolute Gasteiger partial charge is 0.354 e. The molecule has 0 aliphatic carbocycles. The molecule has 1 N–H and O–H groups in total. The van der Waals surface area contributed by atoms with Gasteiger partial charge in [0.05, 0.1) is 11.5 Å². The predicted octanol–water partition coefficient (Wildman–Crippen LogP) is -0.426. The molecule has 0 saturated carbocycles. The van der Waals surface area contributed by atoms with Crippen molar-refractivity contribution in [1.82, 2.24) is 10.2 Å². The molecule has 1 saturated heterocycles. The SMILES string of the molecule is CC(=O)CSCC(=O)NCCN1C(=O)CCC1=O. The molecular weight excluding hydrogens is 256 g/mol. The van der Waals surface area contributed by atoms with Gasteiger partial charge in [-0.3, -0.25) is 24.1 Å². The highest BCUT2D eigenvalue weighted by atomic mass is 32.2. The number of likely N-dealkylation sites (tertiary alicyclic amines) is 1. The lowest BCUT2D eigenvalue weighted by molar-refractivity contribution is -0.138. The molecule has 0 aromatic carbocycles. The van der Waals surface area contributed by atoms with Crippen LogP contribution in [-0.4, -0.2) is 53.0 Å². The number of ketones is 1. The van der Waals surface area contributed by atoms with Gasteiger partial charge in [-0.05, 0) is 6.92 Å². The highest BCUT2D eigenvalue weighted by Gasteiger charge is 2.28. The number of nitrogens with zero attached hydrogens (tertiary/aromatic N) is 1. The molecule has 0 spiro atoms. The smallest absolute Gasteiger partial charge is 0.230 e. The zero-order valence-electron chi connectivity index (χ0n) is 10.2. The summed E-state index contributed by atoms with van der Waals surface area (Å²) >= 11 is 1.24. The second-order valence-corrected chi connectivity index (χ2v) is 4.97. The fraction of sp³-hybridized carbons (Fsp3) is 0.636. The third-order valence-electron chi connectivity index (χ3n) is 2.35. The van der Waals surface area contributed by atoms with E-state index in [2.05, 4.69) is 5.32 Å². The van der Waals surface area contributed by atoms with Crippen LogP contribution in [0.1, 0.15) is 19.8 Å². The molecule has 1 aliphatic rings. The van der Waals surface area contributed by atoms with Gasteiger partial charge in [-0.2, -0.15) is 0 Å². The van der Waals surface area contributed by atoms with E-state index in [1.165, 1.54) is 23.6 Å². The molecule has 6 nitrogen and oxygen atoms in total. The lowest BCUT2D eigenvalue weighted by Gasteiger charge is -2.13. The number of imide groups is 1. The highest BCUT2D eigenvalue weighted by Crippen LogP contribution is 2.10. The Bertz CT molecular complexity index is 354. The number of rotatable bonds is 7. The van der Waals surface area contributed by atoms with Gasteiger partial charge >= 0.3 is 0 Å². The summed E-state index contributed by atoms with van der Waals surface area (Å²) in [6.07, 6.45) is 0.530. The quantitative estimate of drug-likeness (QED) is 0.636. The molecule has 0 aromatic rings. The first-order chi connectivity index (χ1) is 8.50. The summed E-state index contributed by atoms with van der Waals surface area (Å²) in [6.45, 7) is 1.95. The molecule has 0 atom stereocenters. The van der Waals surface area contributed by atoms with Crippen molar-refractivity contribution in [2.75, 3.05) is 24.6 Å². The molecule has 7 heteroatoms. The van der Waals surface area contributed by atoms with E-state index in [1.54, 1.807) is 0 Å². The number of Topliss-reactive ketones (excluding diaryl/α,β-unsaturated/α-hetero) is 1. The van der Waals surface area contributed by atoms with E-state index in [1.807, 2.05) is 0 Å². The normalized spacial score (nSPS) is 15.1. The van der Waals surface area contributed by atoms with Gasteiger partial charge in [0.25, 0.3) is 0 Å². The van der Waals surface area contributed by atoms with Crippen LogP contribution in [0.3, 0.4) is 0 Å². The Balaban J connectivity index is 2.13. The Hall–Kier alpha value is -1.37. The second-order valence-electron chi connectivity index (χ2n) is 3.98. The maximum absolute atomic E-state index is 11.3. The first-order valence-corrected chi connectivity index (χ1v) is 6.83. The van der Waals surface area contributed by atoms with Gasteiger partial charge in [0, 0.05) is 25.9 Å². The third kappa shape index (κ3) is 4.87. The summed E-state index contributed by atoms with van der Waals surface area (Å²) in [5.41, 5.74) is 0. The molecule has 1 fully saturated rings. The number of hydrogen-bond donors (Lipinski definition) is 1. The standard InChI is InChI=1S/C11H16N2O4S/c1-8(14)6-18-7-9(15)12-4-5-13-10(16)2-3-11(13)17/h2-7H2,1H3,(H,12,15). The molecule has 1 heterocycles. The second kappa shape index (κ2) is 7.15. The van der Waals surface area contributed by atoms with Crippen LogP contribution in [0.4, 0.5) is 0 Å². The third-order valence-corrected chi connectivity index (χ3v) is 3.43. The minimum absolute atomic E-state index is 0.0288. The van der Waals surface area contributed by atoms with Crippen molar-refractivity contribution in [2.24, 2.45) is 0 Å². The molecule has 18 heavy (non-hydrogen) atoms. The summed E-state index contributed by atoms with van der Waals surface area (Å²) in [7, 11) is 0. The molecule has 0 aromatic heterocycles. The Kier molecular flexibility index (Phi) is 5.84. The summed E-state index contributed by atoms with van der Waals surface area (Å²) < 4.78 is 0. The molecule has 100 valence electrons. The maximum atomic E-state index is 11.3. The Morgan fingerprint density at radius 1 is 1.22 bits per heavy atom. The molecule has 0 bridgehead atoms. The molecule has 3 amide bonds. The van der Waals surface area contributed by atoms with Crippen LogP contribution < -0.4 is 5.32 Å². The van der Waals surface area contributed by atoms with Crippen molar-refractivity contribution in [3.63, 3.8) is 0 Å². The van der Waals surface area contributed by atoms with Crippen molar-refractivity contribution < 1.29 is 19.2 Å². The Morgan fingerprint density at radius 2 is 1.83 bits per heavy atom. The van der Waals surface area contributed by atoms with Gasteiger partial charge in [0.2, 0.25) is 17.7 Å². The van der Waals surface area contributed by atoms with Crippen molar-refractivity contribution >= 4 is 35.3 Å². The number of amides is 3. The monoisotopic (exact) mass is 272 g/mol. The van der Waals surface area contributed by atoms with Crippen molar-refractivity contribution in [3.8, 4) is 0 Å². The number of carbonyl (C=O) groups is 4. The van der Waals surface area contributed by atoms with Crippen LogP contribution in [0.5, 0.6) is 0 Å². The molecular formula is C11H16N2O4S. The lowest BCUT2D eigenvalue weighted by atomic mass is 10.4. The van der Waals surface area contributed by atoms with E-state index in [0.29, 0.717) is 5.75 Å². The Morgan fingerprint density at radius 3 is 2.39 bits per heavy atom. The fourth-order valence-electron chi connectivity index (χ4n) is 1.52. The summed E-state index contributed by atoms with van der Waals surface area (Å²) in [5.74, 6) is -0.000316. The van der Waals surface area contributed by atoms with Crippen LogP contribution in [0, 0.1) is 0 Å². The Labute approximate surface area is 109 Å². The minimum Gasteiger partial charge on any atom is -0.354 e. The maximum Gasteiger partial charge on any atom is 0.230 e. The van der Waals surface area contributed by atoms with Gasteiger partial charge in [0.1, 0.15) is 5.78 Å². The zero-order chi connectivity index (χ0) is 13.5. The van der Waals surface area contributed by atoms with Crippen LogP contribution >= 0.6 is 11.8 Å². The fourth-order valence-corrected chi connectivity index (χ4v) is 2.19. The van der Waals surface area contributed by atoms with Crippen molar-refractivity contribution in [3.05, 3.63) is 0 Å². The molecule has 1 rings (SSSR count). The highest BCUT2D eigenvalue weighted by molar-refractivity contribution is 8.00. The van der Waals surface area contributed by atoms with Gasteiger partial charge in [-0.25, -0.2) is 0 Å². The van der Waals surface area contributed by atoms with E-state index < -0.39 is 0 Å². The van der Waals surface area contributed by atoms with Crippen LogP contribution in [-0.2, 0) is 19.2 Å². The molecule has 0 radical (unpaired) electrons. The van der Waals surface area contributed by atoms with Crippen LogP contribution in [0.25, 0.3) is 0 Å². The predicted molar refractivity (Wildman–Crippen MR) is 67.0 cm³/mol. The van der Waals surface area contributed by atoms with Crippen molar-refractivity contribution in [1.29, 1.82) is 0 Å². The van der Waals surface area contributed by atoms with E-state index in [9.17, 15) is 19.2 Å². The number of hydrogen-bond acceptors (Lipinski definition) is 5. The number of thioether (sulfide) groups is 1. The van der Waals surface area contributed by atoms with E-state index in [-0.39, 0.29) is 55.2 Å². The van der Waals surface area contributed by atoms with E-state index in [0.717, 1.165) is 0 Å². The van der Waals surface area contributed by atoms with Gasteiger partial charge < -0.3 is 5.32 Å². The average Bonchev–Trinajstić information content (AvgIpc) is 2.60. The zero-order valence-corrected chi connectivity index (χ0v) is 11.0. The van der Waals surface area contributed by atoms with E-state index >= 15 is 0 Å². The average molecular weight is 272 g/mol.